The van der Waals surface area contributed by atoms with Crippen molar-refractivity contribution in [3.05, 3.63) is 46.6 Å². The molecule has 0 bridgehead atoms. The minimum absolute atomic E-state index is 0.0846. The fourth-order valence-electron chi connectivity index (χ4n) is 2.16. The molecule has 0 aliphatic rings. The van der Waals surface area contributed by atoms with E-state index in [4.69, 9.17) is 9.15 Å². The number of ether oxygens (including phenoxy) is 1. The standard InChI is InChI=1S/C16H12O6/c1-21-9-4-2-8(3-5-9)12-6-10(17)14-13(22-12)7-11(18)15(19)16(14)20/h2-7,18-20H,1H3/p-1. The van der Waals surface area contributed by atoms with Crippen LogP contribution in [0.15, 0.2) is 45.6 Å². The van der Waals surface area contributed by atoms with Crippen LogP contribution in [-0.4, -0.2) is 17.3 Å². The molecular weight excluding hydrogens is 288 g/mol. The van der Waals surface area contributed by atoms with Crippen LogP contribution in [0.25, 0.3) is 22.3 Å². The fraction of sp³-hybridized carbons (Fsp3) is 0.0625. The van der Waals surface area contributed by atoms with Crippen LogP contribution in [0.3, 0.4) is 0 Å². The molecule has 0 spiro atoms. The average Bonchev–Trinajstić information content (AvgIpc) is 2.52. The molecule has 22 heavy (non-hydrogen) atoms. The Labute approximate surface area is 124 Å². The predicted octanol–water partition coefficient (Wildman–Crippen LogP) is 1.95. The second-order valence-corrected chi connectivity index (χ2v) is 4.65. The Morgan fingerprint density at radius 3 is 2.45 bits per heavy atom. The second kappa shape index (κ2) is 5.00. The van der Waals surface area contributed by atoms with Crippen LogP contribution in [0.1, 0.15) is 0 Å². The number of benzene rings is 2. The monoisotopic (exact) mass is 299 g/mol. The zero-order chi connectivity index (χ0) is 15.9. The van der Waals surface area contributed by atoms with Gasteiger partial charge in [0.2, 0.25) is 0 Å². The van der Waals surface area contributed by atoms with Gasteiger partial charge in [0.25, 0.3) is 0 Å². The van der Waals surface area contributed by atoms with Crippen molar-refractivity contribution in [1.82, 2.24) is 0 Å². The van der Waals surface area contributed by atoms with E-state index in [1.54, 1.807) is 24.3 Å². The Bertz CT molecular complexity index is 909. The number of methoxy groups -OCH3 is 1. The first-order valence-electron chi connectivity index (χ1n) is 6.35. The maximum absolute atomic E-state index is 12.1. The molecule has 0 amide bonds. The number of hydrogen-bond acceptors (Lipinski definition) is 6. The van der Waals surface area contributed by atoms with E-state index in [1.165, 1.54) is 13.2 Å². The summed E-state index contributed by atoms with van der Waals surface area (Å²) >= 11 is 0. The van der Waals surface area contributed by atoms with Gasteiger partial charge in [0, 0.05) is 17.7 Å². The highest BCUT2D eigenvalue weighted by molar-refractivity contribution is 5.88. The first-order chi connectivity index (χ1) is 10.5. The highest BCUT2D eigenvalue weighted by Gasteiger charge is 2.12. The molecule has 0 saturated carbocycles. The third-order valence-corrected chi connectivity index (χ3v) is 3.30. The molecule has 1 aromatic heterocycles. The van der Waals surface area contributed by atoms with E-state index in [2.05, 4.69) is 0 Å². The van der Waals surface area contributed by atoms with Crippen molar-refractivity contribution in [3.8, 4) is 34.3 Å². The third-order valence-electron chi connectivity index (χ3n) is 3.30. The van der Waals surface area contributed by atoms with Gasteiger partial charge < -0.3 is 24.5 Å². The van der Waals surface area contributed by atoms with Crippen LogP contribution < -0.4 is 15.3 Å². The van der Waals surface area contributed by atoms with Gasteiger partial charge in [-0.15, -0.1) is 0 Å². The third kappa shape index (κ3) is 2.10. The lowest BCUT2D eigenvalue weighted by atomic mass is 10.1. The summed E-state index contributed by atoms with van der Waals surface area (Å²) in [7, 11) is 1.54. The summed E-state index contributed by atoms with van der Waals surface area (Å²) < 4.78 is 10.6. The SMILES string of the molecule is COc1ccc(-c2cc(=O)c3c([O-])c(O)c(O)cc3o2)cc1. The van der Waals surface area contributed by atoms with Crippen molar-refractivity contribution in [2.75, 3.05) is 7.11 Å². The van der Waals surface area contributed by atoms with Crippen molar-refractivity contribution in [2.24, 2.45) is 0 Å². The normalized spacial score (nSPS) is 10.8. The summed E-state index contributed by atoms with van der Waals surface area (Å²) in [6, 6.07) is 9.00. The van der Waals surface area contributed by atoms with Crippen LogP contribution in [0, 0.1) is 0 Å². The smallest absolute Gasteiger partial charge is 0.192 e. The maximum atomic E-state index is 12.1. The molecule has 0 aliphatic carbocycles. The topological polar surface area (TPSA) is 103 Å². The van der Waals surface area contributed by atoms with E-state index in [1.807, 2.05) is 0 Å². The zero-order valence-corrected chi connectivity index (χ0v) is 11.5. The molecular formula is C16H11O6-. The summed E-state index contributed by atoms with van der Waals surface area (Å²) in [5.41, 5.74) is -0.0641. The maximum Gasteiger partial charge on any atom is 0.192 e. The van der Waals surface area contributed by atoms with Gasteiger partial charge in [0.15, 0.2) is 11.2 Å². The van der Waals surface area contributed by atoms with Gasteiger partial charge in [-0.1, -0.05) is 0 Å². The van der Waals surface area contributed by atoms with Crippen LogP contribution in [0.2, 0.25) is 0 Å². The van der Waals surface area contributed by atoms with Gasteiger partial charge in [-0.25, -0.2) is 0 Å². The van der Waals surface area contributed by atoms with Crippen LogP contribution in [-0.2, 0) is 0 Å². The van der Waals surface area contributed by atoms with Gasteiger partial charge >= 0.3 is 0 Å². The summed E-state index contributed by atoms with van der Waals surface area (Å²) in [6.07, 6.45) is 0. The quantitative estimate of drug-likeness (QED) is 0.701. The number of aromatic hydroxyl groups is 2. The molecule has 6 heteroatoms. The fourth-order valence-corrected chi connectivity index (χ4v) is 2.16. The molecule has 0 atom stereocenters. The van der Waals surface area contributed by atoms with E-state index in [0.29, 0.717) is 11.3 Å². The Balaban J connectivity index is 2.24. The molecule has 2 aromatic carbocycles. The van der Waals surface area contributed by atoms with Gasteiger partial charge in [0.05, 0.1) is 12.5 Å². The summed E-state index contributed by atoms with van der Waals surface area (Å²) in [5.74, 6) is -1.56. The number of rotatable bonds is 2. The van der Waals surface area contributed by atoms with Crippen molar-refractivity contribution in [3.63, 3.8) is 0 Å². The average molecular weight is 299 g/mol. The Morgan fingerprint density at radius 1 is 1.14 bits per heavy atom. The van der Waals surface area contributed by atoms with Crippen LogP contribution >= 0.6 is 0 Å². The molecule has 112 valence electrons. The molecule has 2 N–H and O–H groups in total. The van der Waals surface area contributed by atoms with Gasteiger partial charge in [-0.3, -0.25) is 4.79 Å². The largest absolute Gasteiger partial charge is 0.869 e. The zero-order valence-electron chi connectivity index (χ0n) is 11.5. The Kier molecular flexibility index (Phi) is 3.14. The molecule has 0 unspecified atom stereocenters. The minimum atomic E-state index is -0.954. The second-order valence-electron chi connectivity index (χ2n) is 4.65. The summed E-state index contributed by atoms with van der Waals surface area (Å²) in [5, 5.41) is 30.4. The Hall–Kier alpha value is -3.15. The number of fused-ring (bicyclic) bond motifs is 1. The van der Waals surface area contributed by atoms with Crippen molar-refractivity contribution in [1.29, 1.82) is 0 Å². The van der Waals surface area contributed by atoms with E-state index in [9.17, 15) is 20.1 Å². The van der Waals surface area contributed by atoms with E-state index in [-0.39, 0.29) is 16.7 Å². The summed E-state index contributed by atoms with van der Waals surface area (Å²) in [4.78, 5) is 12.1. The van der Waals surface area contributed by atoms with Crippen LogP contribution in [0.5, 0.6) is 23.0 Å². The highest BCUT2D eigenvalue weighted by atomic mass is 16.5. The molecule has 6 nitrogen and oxygen atoms in total. The lowest BCUT2D eigenvalue weighted by molar-refractivity contribution is -0.267. The number of phenols is 2. The van der Waals surface area contributed by atoms with Crippen molar-refractivity contribution >= 4 is 11.0 Å². The lowest BCUT2D eigenvalue weighted by Gasteiger charge is -2.13. The van der Waals surface area contributed by atoms with Gasteiger partial charge in [-0.2, -0.15) is 0 Å². The van der Waals surface area contributed by atoms with Crippen molar-refractivity contribution < 1.29 is 24.5 Å². The molecule has 1 heterocycles. The molecule has 0 radical (unpaired) electrons. The van der Waals surface area contributed by atoms with Gasteiger partial charge in [0.1, 0.15) is 22.8 Å². The van der Waals surface area contributed by atoms with Gasteiger partial charge in [-0.05, 0) is 30.0 Å². The summed E-state index contributed by atoms with van der Waals surface area (Å²) in [6.45, 7) is 0. The van der Waals surface area contributed by atoms with E-state index in [0.717, 1.165) is 6.07 Å². The minimum Gasteiger partial charge on any atom is -0.869 e. The molecule has 0 aliphatic heterocycles. The number of hydrogen-bond donors (Lipinski definition) is 2. The Morgan fingerprint density at radius 2 is 1.82 bits per heavy atom. The molecule has 3 rings (SSSR count). The first kappa shape index (κ1) is 13.8. The molecule has 3 aromatic rings. The highest BCUT2D eigenvalue weighted by Crippen LogP contribution is 2.38. The van der Waals surface area contributed by atoms with E-state index < -0.39 is 22.7 Å². The first-order valence-corrected chi connectivity index (χ1v) is 6.35. The predicted molar refractivity (Wildman–Crippen MR) is 77.2 cm³/mol. The number of phenolic OH excluding ortho intramolecular Hbond substituents is 2. The lowest BCUT2D eigenvalue weighted by Crippen LogP contribution is -2.05. The molecule has 0 fully saturated rings. The van der Waals surface area contributed by atoms with Crippen LogP contribution in [0.4, 0.5) is 0 Å². The van der Waals surface area contributed by atoms with E-state index >= 15 is 0 Å². The van der Waals surface area contributed by atoms with Crippen molar-refractivity contribution in [2.45, 2.75) is 0 Å². The molecule has 0 saturated heterocycles.